The molecule has 5 N–H and O–H groups in total. The molecule has 3 aromatic heterocycles. The Morgan fingerprint density at radius 3 is 1.95 bits per heavy atom. The van der Waals surface area contributed by atoms with Crippen LogP contribution < -0.4 is 35.6 Å². The Hall–Kier alpha value is -8.47. The van der Waals surface area contributed by atoms with E-state index in [-0.39, 0.29) is 82.0 Å². The van der Waals surface area contributed by atoms with E-state index in [2.05, 4.69) is 10.1 Å². The number of aromatic carboxylic acids is 1. The molecule has 0 radical (unpaired) electrons. The number of benzene rings is 3. The number of hydrogen-bond donors (Lipinski definition) is 3. The van der Waals surface area contributed by atoms with Gasteiger partial charge in [0.2, 0.25) is 0 Å². The van der Waals surface area contributed by atoms with Crippen LogP contribution in [0.4, 0.5) is 34.8 Å². The minimum atomic E-state index is -2.81. The summed E-state index contributed by atoms with van der Waals surface area (Å²) in [6.45, 7) is 10.4. The van der Waals surface area contributed by atoms with E-state index in [0.717, 1.165) is 12.1 Å². The monoisotopic (exact) mass is 1070 g/mol. The van der Waals surface area contributed by atoms with Gasteiger partial charge in [-0.2, -0.15) is 0 Å². The molecule has 8 rings (SSSR count). The van der Waals surface area contributed by atoms with E-state index in [1.807, 2.05) is 13.8 Å². The summed E-state index contributed by atoms with van der Waals surface area (Å²) in [5, 5.41) is 44.6. The molecule has 408 valence electrons. The maximum absolute atomic E-state index is 13.7. The van der Waals surface area contributed by atoms with Gasteiger partial charge < -0.3 is 48.1 Å². The van der Waals surface area contributed by atoms with E-state index in [1.165, 1.54) is 65.0 Å². The van der Waals surface area contributed by atoms with E-state index < -0.39 is 63.3 Å². The van der Waals surface area contributed by atoms with Crippen LogP contribution in [-0.2, 0) is 23.7 Å². The zero-order valence-electron chi connectivity index (χ0n) is 41.4. The Morgan fingerprint density at radius 2 is 1.43 bits per heavy atom. The number of carbonyl (C=O) groups is 2. The van der Waals surface area contributed by atoms with E-state index in [9.17, 15) is 57.6 Å². The largest absolute Gasteiger partial charge is 0.868 e. The predicted molar refractivity (Wildman–Crippen MR) is 255 cm³/mol. The molecule has 3 aromatic carbocycles. The van der Waals surface area contributed by atoms with Gasteiger partial charge >= 0.3 is 17.8 Å². The average molecular weight is 1070 g/mol. The van der Waals surface area contributed by atoms with Crippen LogP contribution in [0.2, 0.25) is 0 Å². The molecule has 2 fully saturated rings. The molecule has 2 aliphatic rings. The number of carboxylic acid groups (broad SMARTS) is 1. The number of nitrogen functional groups attached to an aromatic ring is 2. The zero-order valence-corrected chi connectivity index (χ0v) is 41.4. The topological polar surface area (TPSA) is 324 Å². The molecule has 2 saturated heterocycles. The van der Waals surface area contributed by atoms with Gasteiger partial charge in [0.15, 0.2) is 28.6 Å². The Balaban J connectivity index is 0.000000201. The van der Waals surface area contributed by atoms with Crippen molar-refractivity contribution >= 4 is 34.8 Å². The fourth-order valence-corrected chi connectivity index (χ4v) is 6.92. The fourth-order valence-electron chi connectivity index (χ4n) is 6.92. The number of carboxylic acids is 1. The van der Waals surface area contributed by atoms with Gasteiger partial charge in [-0.3, -0.25) is 31.8 Å². The molecular weight excluding hydrogens is 1020 g/mol. The summed E-state index contributed by atoms with van der Waals surface area (Å²) in [7, 11) is 1.35. The number of nitrogens with two attached hydrogens (primary N) is 2. The van der Waals surface area contributed by atoms with Gasteiger partial charge in [-0.1, -0.05) is 6.07 Å². The van der Waals surface area contributed by atoms with Gasteiger partial charge in [-0.05, 0) is 101 Å². The average Bonchev–Trinajstić information content (AvgIpc) is 4.08. The van der Waals surface area contributed by atoms with Crippen LogP contribution in [-0.4, -0.2) is 105 Å². The number of alkyl halides is 4. The third-order valence-corrected chi connectivity index (χ3v) is 10.4. The number of esters is 1. The molecule has 0 spiro atoms. The van der Waals surface area contributed by atoms with Crippen molar-refractivity contribution in [2.45, 2.75) is 71.3 Å². The number of hydrogen-bond acceptors (Lipinski definition) is 19. The highest BCUT2D eigenvalue weighted by molar-refractivity contribution is 5.94. The molecule has 0 aliphatic carbocycles. The van der Waals surface area contributed by atoms with Gasteiger partial charge in [-0.25, -0.2) is 36.7 Å². The number of nitrogens with zero attached hydrogens (tertiary/aromatic N) is 6. The Labute approximate surface area is 429 Å². The van der Waals surface area contributed by atoms with E-state index in [0.29, 0.717) is 31.6 Å². The van der Waals surface area contributed by atoms with Crippen molar-refractivity contribution < 1.29 is 89.8 Å². The molecule has 76 heavy (non-hydrogen) atoms. The number of non-ortho nitro benzene ring substituents is 1. The van der Waals surface area contributed by atoms with Gasteiger partial charge in [0.05, 0.1) is 48.4 Å². The quantitative estimate of drug-likeness (QED) is 0.0239. The molecule has 24 nitrogen and oxygen atoms in total. The number of rotatable bonds is 15. The number of aromatic nitrogens is 4. The number of methoxy groups -OCH3 is 1. The van der Waals surface area contributed by atoms with Crippen LogP contribution in [0, 0.1) is 20.2 Å². The Morgan fingerprint density at radius 1 is 0.855 bits per heavy atom. The highest BCUT2D eigenvalue weighted by atomic mass is 19.3. The minimum absolute atomic E-state index is 0.000161. The minimum Gasteiger partial charge on any atom is -0.868 e. The summed E-state index contributed by atoms with van der Waals surface area (Å²) in [5.41, 5.74) is 4.18. The summed E-state index contributed by atoms with van der Waals surface area (Å²) in [5.74, 6) is 2.58. The smallest absolute Gasteiger partial charge is 0.346 e. The highest BCUT2D eigenvalue weighted by Crippen LogP contribution is 2.35. The van der Waals surface area contributed by atoms with Crippen molar-refractivity contribution in [1.29, 1.82) is 0 Å². The first-order valence-electron chi connectivity index (χ1n) is 22.5. The van der Waals surface area contributed by atoms with E-state index in [4.69, 9.17) is 49.5 Å². The normalized spacial score (nSPS) is 16.1. The summed E-state index contributed by atoms with van der Waals surface area (Å²) in [6.07, 6.45) is -2.87. The number of anilines is 1. The van der Waals surface area contributed by atoms with Crippen molar-refractivity contribution in [3.05, 3.63) is 134 Å². The van der Waals surface area contributed by atoms with Gasteiger partial charge in [0.25, 0.3) is 24.2 Å². The summed E-state index contributed by atoms with van der Waals surface area (Å²) >= 11 is 0. The summed E-state index contributed by atoms with van der Waals surface area (Å²) in [4.78, 5) is 45.4. The fraction of sp³-hybridized carbons (Fsp3) is 0.354. The van der Waals surface area contributed by atoms with Crippen LogP contribution in [0.3, 0.4) is 0 Å². The molecule has 0 amide bonds. The number of nitro benzene ring substituents is 2. The first-order chi connectivity index (χ1) is 35.8. The van der Waals surface area contributed by atoms with Crippen LogP contribution in [0.1, 0.15) is 79.3 Å². The Kier molecular flexibility index (Phi) is 19.7. The first-order valence-corrected chi connectivity index (χ1v) is 22.5. The van der Waals surface area contributed by atoms with Gasteiger partial charge in [0.1, 0.15) is 54.4 Å². The predicted octanol–water partition coefficient (Wildman–Crippen LogP) is 6.75. The Bertz CT molecular complexity index is 3020. The third kappa shape index (κ3) is 15.8. The van der Waals surface area contributed by atoms with E-state index >= 15 is 0 Å². The number of carbonyl (C=O) groups excluding carboxylic acids is 1. The highest BCUT2D eigenvalue weighted by Gasteiger charge is 2.34. The van der Waals surface area contributed by atoms with Crippen LogP contribution >= 0.6 is 0 Å². The summed E-state index contributed by atoms with van der Waals surface area (Å²) in [6, 6.07) is 17.0. The molecule has 2 atom stereocenters. The molecular formula is C48H52F4N8O16. The van der Waals surface area contributed by atoms with E-state index in [1.54, 1.807) is 45.2 Å². The van der Waals surface area contributed by atoms with Crippen molar-refractivity contribution in [3.63, 3.8) is 0 Å². The van der Waals surface area contributed by atoms with Crippen molar-refractivity contribution in [1.82, 2.24) is 14.6 Å². The second kappa shape index (κ2) is 25.7. The number of nitro groups is 2. The van der Waals surface area contributed by atoms with Gasteiger partial charge in [-0.15, -0.1) is 9.77 Å². The molecule has 0 bridgehead atoms. The van der Waals surface area contributed by atoms with Crippen molar-refractivity contribution in [3.8, 4) is 34.4 Å². The summed E-state index contributed by atoms with van der Waals surface area (Å²) < 4.78 is 98.4. The lowest BCUT2D eigenvalue weighted by Crippen LogP contribution is -2.47. The molecule has 28 heteroatoms. The molecule has 2 aliphatic heterocycles. The second-order valence-corrected chi connectivity index (χ2v) is 16.8. The maximum atomic E-state index is 13.7. The number of ether oxygens (including phenoxy) is 8. The number of halogens is 4. The zero-order chi connectivity index (χ0) is 56.1. The molecule has 0 unspecified atom stereocenters. The molecule has 5 heterocycles. The van der Waals surface area contributed by atoms with Crippen molar-refractivity contribution in [2.24, 2.45) is 0 Å². The SMILES string of the molecule is CC1(C)OC[C@H](COc2ccc(-c3nc4c(C(=O)O)cccn4n3)c(C(F)F)c2)O1.CCOC(=O)c1ccc[n+](N)c1N.COc1ccc(OC[C@H]2COC(C)(C)O2)cc1C(F)F.O=[N+]([O-])c1ccc([O-])c([N+](=O)[O-])c1. The lowest BCUT2D eigenvalue weighted by atomic mass is 10.1. The van der Waals surface area contributed by atoms with Crippen molar-refractivity contribution in [2.75, 3.05) is 51.7 Å². The lowest BCUT2D eigenvalue weighted by molar-refractivity contribution is -0.623. The number of pyridine rings is 2. The first kappa shape index (κ1) is 58.4. The molecule has 0 saturated carbocycles. The van der Waals surface area contributed by atoms with Crippen LogP contribution in [0.15, 0.2) is 91.3 Å². The van der Waals surface area contributed by atoms with Crippen LogP contribution in [0.25, 0.3) is 17.0 Å². The second-order valence-electron chi connectivity index (χ2n) is 16.8. The standard InChI is InChI=1S/C20H19F2N3O5.C14H18F2O4.C8H11N3O2.C6H4N2O5/c1-20(2)29-10-12(30-20)9-28-11-5-6-13(15(8-11)16(21)22)17-23-18-14(19(26)27)4-3-7-25(18)24-17;1-14(2)19-8-10(20-14)7-18-9-4-5-12(17-3)11(6-9)13(15)16;1-2-13-8(12)6-4-3-5-11(10)7(6)9;9-6-2-1-4(7(10)11)3-5(6)8(12)13/h3-8,12,16H,9-10H2,1-2H3,(H,26,27);4-6,10,13H,7-8H2,1-3H3;3-5,9H,2,10H2,1H3;1-3,9H/t12-;10-;;/m00../s1. The third-order valence-electron chi connectivity index (χ3n) is 10.4. The van der Waals surface area contributed by atoms with Crippen LogP contribution in [0.5, 0.6) is 23.0 Å². The van der Waals surface area contributed by atoms with Gasteiger partial charge in [0, 0.05) is 23.4 Å². The number of fused-ring (bicyclic) bond motifs is 1. The lowest BCUT2D eigenvalue weighted by Gasteiger charge is -2.17. The molecule has 6 aromatic rings. The maximum Gasteiger partial charge on any atom is 0.346 e.